The molecule has 0 aliphatic carbocycles. The maximum Gasteiger partial charge on any atom is 0.178 e. The summed E-state index contributed by atoms with van der Waals surface area (Å²) in [5.74, 6) is -2.34. The number of hydrogen-bond acceptors (Lipinski definition) is 4. The fourth-order valence-electron chi connectivity index (χ4n) is 1.69. The Morgan fingerprint density at radius 2 is 1.67 bits per heavy atom. The molecule has 0 fully saturated rings. The Bertz CT molecular complexity index is 572. The van der Waals surface area contributed by atoms with Crippen LogP contribution in [0, 0.1) is 5.82 Å². The van der Waals surface area contributed by atoms with E-state index < -0.39 is 29.1 Å². The summed E-state index contributed by atoms with van der Waals surface area (Å²) in [5.41, 5.74) is 5.26. The van der Waals surface area contributed by atoms with E-state index in [9.17, 15) is 19.7 Å². The van der Waals surface area contributed by atoms with Gasteiger partial charge in [-0.1, -0.05) is 30.3 Å². The maximum absolute atomic E-state index is 13.3. The molecule has 4 nitrogen and oxygen atoms in total. The Balaban J connectivity index is 2.52. The van der Waals surface area contributed by atoms with Gasteiger partial charge in [-0.15, -0.1) is 0 Å². The zero-order chi connectivity index (χ0) is 13.3. The normalized spacial score (nSPS) is 12.3. The number of aliphatic hydroxyl groups excluding tert-OH is 1. The lowest BCUT2D eigenvalue weighted by Gasteiger charge is -2.15. The molecule has 2 aromatic rings. The molecule has 5 heteroatoms. The number of nitrogens with two attached hydrogens (primary N) is 1. The fraction of sp³-hybridized carbons (Fsp3) is 0.0769. The number of phenols is 2. The molecule has 0 aliphatic rings. The molecule has 1 atom stereocenters. The van der Waals surface area contributed by atoms with E-state index in [0.717, 1.165) is 6.07 Å². The molecule has 0 saturated heterocycles. The van der Waals surface area contributed by atoms with Crippen LogP contribution in [-0.4, -0.2) is 15.3 Å². The SMILES string of the molecule is Nc1c(O)c(F)cc(C(O)c2ccccc2)c1O. The van der Waals surface area contributed by atoms with E-state index >= 15 is 0 Å². The van der Waals surface area contributed by atoms with Crippen LogP contribution in [0.2, 0.25) is 0 Å². The highest BCUT2D eigenvalue weighted by molar-refractivity contribution is 5.66. The first kappa shape index (κ1) is 12.2. The molecule has 0 aromatic heterocycles. The lowest BCUT2D eigenvalue weighted by Crippen LogP contribution is -2.03. The molecule has 0 spiro atoms. The second-order valence-corrected chi connectivity index (χ2v) is 3.87. The Morgan fingerprint density at radius 1 is 1.06 bits per heavy atom. The molecule has 0 amide bonds. The lowest BCUT2D eigenvalue weighted by molar-refractivity contribution is 0.215. The molecule has 0 bridgehead atoms. The Hall–Kier alpha value is -2.27. The lowest BCUT2D eigenvalue weighted by atomic mass is 9.99. The van der Waals surface area contributed by atoms with Gasteiger partial charge in [-0.2, -0.15) is 0 Å². The Kier molecular flexibility index (Phi) is 3.08. The number of nitrogen functional groups attached to an aromatic ring is 1. The van der Waals surface area contributed by atoms with Crippen LogP contribution < -0.4 is 5.73 Å². The van der Waals surface area contributed by atoms with E-state index in [1.807, 2.05) is 0 Å². The Morgan fingerprint density at radius 3 is 2.28 bits per heavy atom. The van der Waals surface area contributed by atoms with Crippen molar-refractivity contribution in [1.29, 1.82) is 0 Å². The van der Waals surface area contributed by atoms with Gasteiger partial charge in [-0.3, -0.25) is 0 Å². The minimum Gasteiger partial charge on any atom is -0.505 e. The summed E-state index contributed by atoms with van der Waals surface area (Å²) in [6, 6.07) is 9.29. The van der Waals surface area contributed by atoms with Gasteiger partial charge in [0.1, 0.15) is 17.5 Å². The van der Waals surface area contributed by atoms with Crippen LogP contribution in [0.25, 0.3) is 0 Å². The van der Waals surface area contributed by atoms with Gasteiger partial charge in [-0.05, 0) is 11.6 Å². The molecule has 0 heterocycles. The van der Waals surface area contributed by atoms with Crippen LogP contribution in [0.3, 0.4) is 0 Å². The highest BCUT2D eigenvalue weighted by atomic mass is 19.1. The van der Waals surface area contributed by atoms with Gasteiger partial charge < -0.3 is 21.1 Å². The zero-order valence-electron chi connectivity index (χ0n) is 9.34. The molecule has 2 rings (SSSR count). The van der Waals surface area contributed by atoms with Gasteiger partial charge in [0.15, 0.2) is 11.6 Å². The predicted molar refractivity (Wildman–Crippen MR) is 64.6 cm³/mol. The summed E-state index contributed by atoms with van der Waals surface area (Å²) < 4.78 is 13.3. The van der Waals surface area contributed by atoms with E-state index in [2.05, 4.69) is 0 Å². The number of rotatable bonds is 2. The third-order valence-electron chi connectivity index (χ3n) is 2.70. The Labute approximate surface area is 103 Å². The molecular formula is C13H12FNO3. The number of hydrogen-bond donors (Lipinski definition) is 4. The van der Waals surface area contributed by atoms with Crippen molar-refractivity contribution in [2.45, 2.75) is 6.10 Å². The van der Waals surface area contributed by atoms with Crippen LogP contribution in [0.4, 0.5) is 10.1 Å². The maximum atomic E-state index is 13.3. The molecule has 0 aliphatic heterocycles. The predicted octanol–water partition coefficient (Wildman–Crippen LogP) is 1.90. The third kappa shape index (κ3) is 1.96. The summed E-state index contributed by atoms with van der Waals surface area (Å²) in [4.78, 5) is 0. The van der Waals surface area contributed by atoms with Crippen LogP contribution >= 0.6 is 0 Å². The standard InChI is InChI=1S/C13H12FNO3/c14-9-6-8(12(17)10(15)13(9)18)11(16)7-4-2-1-3-5-7/h1-6,11,16-18H,15H2. The van der Waals surface area contributed by atoms with Crippen molar-refractivity contribution in [1.82, 2.24) is 0 Å². The summed E-state index contributed by atoms with van der Waals surface area (Å²) in [5, 5.41) is 29.0. The van der Waals surface area contributed by atoms with Crippen molar-refractivity contribution in [2.75, 3.05) is 5.73 Å². The first-order valence-corrected chi connectivity index (χ1v) is 5.25. The summed E-state index contributed by atoms with van der Waals surface area (Å²) in [7, 11) is 0. The van der Waals surface area contributed by atoms with Crippen molar-refractivity contribution in [2.24, 2.45) is 0 Å². The van der Waals surface area contributed by atoms with Gasteiger partial charge in [0.2, 0.25) is 0 Å². The molecule has 18 heavy (non-hydrogen) atoms. The van der Waals surface area contributed by atoms with Gasteiger partial charge in [0, 0.05) is 5.56 Å². The van der Waals surface area contributed by atoms with Gasteiger partial charge in [-0.25, -0.2) is 4.39 Å². The number of phenolic OH excluding ortho intramolecular Hbond substituents is 2. The topological polar surface area (TPSA) is 86.7 Å². The van der Waals surface area contributed by atoms with E-state index in [0.29, 0.717) is 5.56 Å². The molecular weight excluding hydrogens is 237 g/mol. The molecule has 1 unspecified atom stereocenters. The summed E-state index contributed by atoms with van der Waals surface area (Å²) in [6.45, 7) is 0. The minimum atomic E-state index is -1.22. The monoisotopic (exact) mass is 249 g/mol. The van der Waals surface area contributed by atoms with E-state index in [4.69, 9.17) is 5.73 Å². The number of aliphatic hydroxyl groups is 1. The van der Waals surface area contributed by atoms with Crippen LogP contribution in [0.5, 0.6) is 11.5 Å². The van der Waals surface area contributed by atoms with Gasteiger partial charge in [0.25, 0.3) is 0 Å². The highest BCUT2D eigenvalue weighted by Gasteiger charge is 2.21. The number of anilines is 1. The molecule has 5 N–H and O–H groups in total. The summed E-state index contributed by atoms with van der Waals surface area (Å²) >= 11 is 0. The molecule has 0 radical (unpaired) electrons. The van der Waals surface area contributed by atoms with E-state index in [1.54, 1.807) is 30.3 Å². The van der Waals surface area contributed by atoms with Crippen molar-refractivity contribution < 1.29 is 19.7 Å². The quantitative estimate of drug-likeness (QED) is 0.483. The van der Waals surface area contributed by atoms with Crippen LogP contribution in [0.1, 0.15) is 17.2 Å². The molecule has 94 valence electrons. The van der Waals surface area contributed by atoms with Crippen LogP contribution in [-0.2, 0) is 0 Å². The van der Waals surface area contributed by atoms with Crippen molar-refractivity contribution >= 4 is 5.69 Å². The van der Waals surface area contributed by atoms with E-state index in [-0.39, 0.29) is 5.56 Å². The third-order valence-corrected chi connectivity index (χ3v) is 2.70. The van der Waals surface area contributed by atoms with Crippen molar-refractivity contribution in [3.05, 3.63) is 53.3 Å². The van der Waals surface area contributed by atoms with Gasteiger partial charge >= 0.3 is 0 Å². The van der Waals surface area contributed by atoms with E-state index in [1.165, 1.54) is 0 Å². The van der Waals surface area contributed by atoms with Crippen LogP contribution in [0.15, 0.2) is 36.4 Å². The number of aromatic hydroxyl groups is 2. The number of benzene rings is 2. The first-order chi connectivity index (χ1) is 8.52. The minimum absolute atomic E-state index is 0.0889. The van der Waals surface area contributed by atoms with Crippen molar-refractivity contribution in [3.63, 3.8) is 0 Å². The second kappa shape index (κ2) is 4.54. The molecule has 2 aromatic carbocycles. The fourth-order valence-corrected chi connectivity index (χ4v) is 1.69. The molecule has 0 saturated carbocycles. The average Bonchev–Trinajstić information content (AvgIpc) is 2.41. The largest absolute Gasteiger partial charge is 0.505 e. The second-order valence-electron chi connectivity index (χ2n) is 3.87. The highest BCUT2D eigenvalue weighted by Crippen LogP contribution is 2.40. The summed E-state index contributed by atoms with van der Waals surface area (Å²) in [6.07, 6.45) is -1.22. The zero-order valence-corrected chi connectivity index (χ0v) is 9.34. The first-order valence-electron chi connectivity index (χ1n) is 5.25. The average molecular weight is 249 g/mol. The van der Waals surface area contributed by atoms with Crippen molar-refractivity contribution in [3.8, 4) is 11.5 Å². The van der Waals surface area contributed by atoms with Gasteiger partial charge in [0.05, 0.1) is 0 Å². The smallest absolute Gasteiger partial charge is 0.178 e. The number of halogens is 1.